The van der Waals surface area contributed by atoms with E-state index in [2.05, 4.69) is 42.1 Å². The van der Waals surface area contributed by atoms with E-state index in [0.29, 0.717) is 0 Å². The van der Waals surface area contributed by atoms with Crippen LogP contribution >= 0.6 is 0 Å². The number of benzene rings is 1. The normalized spacial score (nSPS) is 11.2. The Morgan fingerprint density at radius 3 is 2.80 bits per heavy atom. The van der Waals surface area contributed by atoms with Crippen LogP contribution in [0.15, 0.2) is 47.6 Å². The molecular weight excluding hydrogens is 264 g/mol. The van der Waals surface area contributed by atoms with Crippen LogP contribution in [0.3, 0.4) is 0 Å². The molecule has 0 aliphatic rings. The van der Waals surface area contributed by atoms with Crippen LogP contribution in [0.25, 0.3) is 0 Å². The molecule has 0 unspecified atom stereocenters. The van der Waals surface area contributed by atoms with Crippen LogP contribution < -0.4 is 4.43 Å². The molecule has 1 heterocycles. The van der Waals surface area contributed by atoms with Crippen LogP contribution in [-0.2, 0) is 6.42 Å². The second-order valence-electron chi connectivity index (χ2n) is 4.97. The highest BCUT2D eigenvalue weighted by Crippen LogP contribution is 2.28. The minimum absolute atomic E-state index is 0.729. The van der Waals surface area contributed by atoms with Gasteiger partial charge in [0.2, 0.25) is 9.04 Å². The van der Waals surface area contributed by atoms with Crippen molar-refractivity contribution in [2.75, 3.05) is 0 Å². The maximum Gasteiger partial charge on any atom is 0.229 e. The van der Waals surface area contributed by atoms with E-state index in [1.54, 1.807) is 6.20 Å². The minimum Gasteiger partial charge on any atom is -0.546 e. The number of aryl methyl sites for hydroxylation is 1. The Labute approximate surface area is 122 Å². The molecule has 2 aromatic rings. The number of rotatable bonds is 5. The molecule has 0 atom stereocenters. The molecule has 2 rings (SSSR count). The third-order valence-corrected chi connectivity index (χ3v) is 3.46. The number of pyridine rings is 1. The fourth-order valence-corrected chi connectivity index (χ4v) is 2.53. The van der Waals surface area contributed by atoms with Gasteiger partial charge in [0, 0.05) is 24.5 Å². The summed E-state index contributed by atoms with van der Waals surface area (Å²) in [5.41, 5.74) is 3.11. The zero-order chi connectivity index (χ0) is 14.4. The van der Waals surface area contributed by atoms with Crippen molar-refractivity contribution in [1.82, 2.24) is 4.98 Å². The average molecular weight is 284 g/mol. The second-order valence-corrected chi connectivity index (χ2v) is 7.31. The standard InChI is InChI=1S/C16H20N2OSi/c1-13-7-8-15(16(12-13)19-20(2)3)18-11-9-14-6-4-5-10-17-14/h4-8,10-12,20H,9H2,1-3H3. The first kappa shape index (κ1) is 14.5. The number of hydrogen-bond acceptors (Lipinski definition) is 3. The van der Waals surface area contributed by atoms with Gasteiger partial charge in [-0.2, -0.15) is 0 Å². The fraction of sp³-hybridized carbons (Fsp3) is 0.250. The second kappa shape index (κ2) is 7.00. The third-order valence-electron chi connectivity index (χ3n) is 2.73. The maximum absolute atomic E-state index is 5.94. The van der Waals surface area contributed by atoms with Gasteiger partial charge in [-0.1, -0.05) is 12.1 Å². The summed E-state index contributed by atoms with van der Waals surface area (Å²) in [6.07, 6.45) is 4.42. The Morgan fingerprint density at radius 1 is 1.25 bits per heavy atom. The smallest absolute Gasteiger partial charge is 0.229 e. The van der Waals surface area contributed by atoms with E-state index < -0.39 is 9.04 Å². The lowest BCUT2D eigenvalue weighted by Crippen LogP contribution is -2.11. The molecule has 0 bridgehead atoms. The van der Waals surface area contributed by atoms with Crippen molar-refractivity contribution in [3.8, 4) is 5.75 Å². The number of hydrogen-bond donors (Lipinski definition) is 0. The molecular formula is C16H20N2OSi. The summed E-state index contributed by atoms with van der Waals surface area (Å²) in [6.45, 7) is 6.38. The first-order valence-electron chi connectivity index (χ1n) is 6.85. The molecule has 1 aromatic heterocycles. The molecule has 0 saturated carbocycles. The van der Waals surface area contributed by atoms with Crippen molar-refractivity contribution in [3.63, 3.8) is 0 Å². The molecule has 1 aromatic carbocycles. The summed E-state index contributed by atoms with van der Waals surface area (Å²) < 4.78 is 5.94. The van der Waals surface area contributed by atoms with Gasteiger partial charge in [0.05, 0.1) is 0 Å². The molecule has 3 nitrogen and oxygen atoms in total. The Kier molecular flexibility index (Phi) is 5.07. The van der Waals surface area contributed by atoms with Crippen molar-refractivity contribution in [2.45, 2.75) is 26.4 Å². The Bertz CT molecular complexity index is 582. The average Bonchev–Trinajstić information content (AvgIpc) is 2.42. The Morgan fingerprint density at radius 2 is 2.10 bits per heavy atom. The van der Waals surface area contributed by atoms with Crippen molar-refractivity contribution in [1.29, 1.82) is 0 Å². The summed E-state index contributed by atoms with van der Waals surface area (Å²) in [7, 11) is -1.13. The monoisotopic (exact) mass is 284 g/mol. The van der Waals surface area contributed by atoms with Crippen LogP contribution in [0.1, 0.15) is 11.3 Å². The summed E-state index contributed by atoms with van der Waals surface area (Å²) in [6, 6.07) is 12.0. The molecule has 0 radical (unpaired) electrons. The van der Waals surface area contributed by atoms with E-state index in [4.69, 9.17) is 4.43 Å². The van der Waals surface area contributed by atoms with Crippen LogP contribution in [-0.4, -0.2) is 20.2 Å². The highest BCUT2D eigenvalue weighted by atomic mass is 28.3. The van der Waals surface area contributed by atoms with Crippen molar-refractivity contribution < 1.29 is 4.43 Å². The van der Waals surface area contributed by atoms with Gasteiger partial charge in [-0.25, -0.2) is 0 Å². The number of aliphatic imine (C=N–C) groups is 1. The van der Waals surface area contributed by atoms with Gasteiger partial charge < -0.3 is 4.43 Å². The lowest BCUT2D eigenvalue weighted by molar-refractivity contribution is 0.581. The summed E-state index contributed by atoms with van der Waals surface area (Å²) in [5.74, 6) is 0.893. The van der Waals surface area contributed by atoms with Gasteiger partial charge in [-0.15, -0.1) is 0 Å². The first-order valence-corrected chi connectivity index (χ1v) is 9.63. The SMILES string of the molecule is Cc1ccc(N=CCc2ccccn2)c(O[SiH](C)C)c1. The van der Waals surface area contributed by atoms with Gasteiger partial charge in [0.15, 0.2) is 0 Å². The largest absolute Gasteiger partial charge is 0.546 e. The van der Waals surface area contributed by atoms with Crippen LogP contribution in [0, 0.1) is 6.92 Å². The van der Waals surface area contributed by atoms with E-state index in [-0.39, 0.29) is 0 Å². The van der Waals surface area contributed by atoms with E-state index in [0.717, 1.165) is 23.6 Å². The number of aromatic nitrogens is 1. The predicted octanol–water partition coefficient (Wildman–Crippen LogP) is 3.70. The summed E-state index contributed by atoms with van der Waals surface area (Å²) >= 11 is 0. The minimum atomic E-state index is -1.13. The number of nitrogens with zero attached hydrogens (tertiary/aromatic N) is 2. The van der Waals surface area contributed by atoms with Gasteiger partial charge in [0.25, 0.3) is 0 Å². The van der Waals surface area contributed by atoms with Gasteiger partial charge in [0.1, 0.15) is 11.4 Å². The van der Waals surface area contributed by atoms with E-state index in [1.165, 1.54) is 5.56 Å². The molecule has 0 amide bonds. The lowest BCUT2D eigenvalue weighted by Gasteiger charge is -2.12. The molecule has 0 fully saturated rings. The van der Waals surface area contributed by atoms with Crippen molar-refractivity contribution in [2.24, 2.45) is 4.99 Å². The highest BCUT2D eigenvalue weighted by molar-refractivity contribution is 6.49. The highest BCUT2D eigenvalue weighted by Gasteiger charge is 2.05. The molecule has 0 saturated heterocycles. The summed E-state index contributed by atoms with van der Waals surface area (Å²) in [5, 5.41) is 0. The third kappa shape index (κ3) is 4.31. The van der Waals surface area contributed by atoms with E-state index in [1.807, 2.05) is 30.5 Å². The van der Waals surface area contributed by atoms with Crippen LogP contribution in [0.2, 0.25) is 13.1 Å². The lowest BCUT2D eigenvalue weighted by atomic mass is 10.2. The predicted molar refractivity (Wildman–Crippen MR) is 86.8 cm³/mol. The van der Waals surface area contributed by atoms with Gasteiger partial charge in [-0.05, 0) is 49.8 Å². The topological polar surface area (TPSA) is 34.5 Å². The quantitative estimate of drug-likeness (QED) is 0.620. The molecule has 4 heteroatoms. The van der Waals surface area contributed by atoms with E-state index in [9.17, 15) is 0 Å². The van der Waals surface area contributed by atoms with E-state index >= 15 is 0 Å². The van der Waals surface area contributed by atoms with Crippen molar-refractivity contribution in [3.05, 3.63) is 53.9 Å². The zero-order valence-corrected chi connectivity index (χ0v) is 13.4. The molecule has 0 spiro atoms. The van der Waals surface area contributed by atoms with Crippen molar-refractivity contribution >= 4 is 20.9 Å². The van der Waals surface area contributed by atoms with Gasteiger partial charge >= 0.3 is 0 Å². The van der Waals surface area contributed by atoms with Crippen LogP contribution in [0.4, 0.5) is 5.69 Å². The van der Waals surface area contributed by atoms with Gasteiger partial charge in [-0.3, -0.25) is 9.98 Å². The molecule has 0 aliphatic heterocycles. The maximum atomic E-state index is 5.94. The Balaban J connectivity index is 2.12. The Hall–Kier alpha value is -1.94. The fourth-order valence-electron chi connectivity index (χ4n) is 1.83. The zero-order valence-electron chi connectivity index (χ0n) is 12.2. The molecule has 104 valence electrons. The van der Waals surface area contributed by atoms with Crippen LogP contribution in [0.5, 0.6) is 5.75 Å². The molecule has 0 aliphatic carbocycles. The molecule has 0 N–H and O–H groups in total. The first-order chi connectivity index (χ1) is 9.65. The molecule has 20 heavy (non-hydrogen) atoms. The summed E-state index contributed by atoms with van der Waals surface area (Å²) in [4.78, 5) is 8.81.